The monoisotopic (exact) mass is 289 g/mol. The fourth-order valence-electron chi connectivity index (χ4n) is 1.51. The molecule has 0 aliphatic rings. The Morgan fingerprint density at radius 3 is 2.47 bits per heavy atom. The van der Waals surface area contributed by atoms with E-state index in [1.54, 1.807) is 0 Å². The van der Waals surface area contributed by atoms with E-state index in [1.807, 2.05) is 0 Å². The zero-order chi connectivity index (χ0) is 14.6. The molecule has 7 nitrogen and oxygen atoms in total. The number of primary sulfonamides is 1. The van der Waals surface area contributed by atoms with E-state index in [-0.39, 0.29) is 17.1 Å². The van der Waals surface area contributed by atoms with E-state index < -0.39 is 28.2 Å². The standard InChI is InChI=1S/C11H15NO6S/c1-2-18-11(15)10(14)9(13)7-5-3-4-6-8(7)19(12,16)17/h3-6,9-10,13-14H,2H2,1H3,(H2,12,16,17). The molecule has 0 fully saturated rings. The fourth-order valence-corrected chi connectivity index (χ4v) is 2.30. The van der Waals surface area contributed by atoms with Gasteiger partial charge in [0.1, 0.15) is 6.10 Å². The van der Waals surface area contributed by atoms with Gasteiger partial charge in [0.2, 0.25) is 10.0 Å². The first-order valence-electron chi connectivity index (χ1n) is 5.43. The average Bonchev–Trinajstić information content (AvgIpc) is 2.36. The molecule has 2 atom stereocenters. The Morgan fingerprint density at radius 1 is 1.37 bits per heavy atom. The van der Waals surface area contributed by atoms with Gasteiger partial charge in [-0.15, -0.1) is 0 Å². The van der Waals surface area contributed by atoms with E-state index in [2.05, 4.69) is 4.74 Å². The average molecular weight is 289 g/mol. The van der Waals surface area contributed by atoms with E-state index in [1.165, 1.54) is 31.2 Å². The Kier molecular flexibility index (Phi) is 5.01. The van der Waals surface area contributed by atoms with Gasteiger partial charge in [0.05, 0.1) is 11.5 Å². The molecule has 106 valence electrons. The minimum atomic E-state index is -4.07. The van der Waals surface area contributed by atoms with Crippen molar-refractivity contribution in [1.29, 1.82) is 0 Å². The van der Waals surface area contributed by atoms with E-state index >= 15 is 0 Å². The van der Waals surface area contributed by atoms with Crippen molar-refractivity contribution in [3.63, 3.8) is 0 Å². The predicted molar refractivity (Wildman–Crippen MR) is 65.4 cm³/mol. The molecule has 0 spiro atoms. The highest BCUT2D eigenvalue weighted by Crippen LogP contribution is 2.24. The van der Waals surface area contributed by atoms with Crippen molar-refractivity contribution in [3.8, 4) is 0 Å². The van der Waals surface area contributed by atoms with Crippen molar-refractivity contribution >= 4 is 16.0 Å². The van der Waals surface area contributed by atoms with Gasteiger partial charge in [0.15, 0.2) is 6.10 Å². The summed E-state index contributed by atoms with van der Waals surface area (Å²) in [5.74, 6) is -1.04. The van der Waals surface area contributed by atoms with Crippen LogP contribution in [-0.2, 0) is 19.6 Å². The van der Waals surface area contributed by atoms with Crippen molar-refractivity contribution in [2.24, 2.45) is 5.14 Å². The first-order chi connectivity index (χ1) is 8.79. The molecule has 0 amide bonds. The second kappa shape index (κ2) is 6.11. The number of benzene rings is 1. The molecule has 0 bridgehead atoms. The van der Waals surface area contributed by atoms with E-state index in [0.29, 0.717) is 0 Å². The molecular formula is C11H15NO6S. The SMILES string of the molecule is CCOC(=O)C(O)C(O)c1ccccc1S(N)(=O)=O. The normalized spacial score (nSPS) is 14.7. The lowest BCUT2D eigenvalue weighted by molar-refractivity contribution is -0.159. The van der Waals surface area contributed by atoms with Crippen molar-refractivity contribution in [1.82, 2.24) is 0 Å². The van der Waals surface area contributed by atoms with Crippen LogP contribution >= 0.6 is 0 Å². The molecule has 4 N–H and O–H groups in total. The Bertz CT molecular complexity index is 556. The number of carbonyl (C=O) groups excluding carboxylic acids is 1. The molecule has 8 heteroatoms. The van der Waals surface area contributed by atoms with Gasteiger partial charge in [0, 0.05) is 5.56 Å². The van der Waals surface area contributed by atoms with Crippen LogP contribution in [0.1, 0.15) is 18.6 Å². The number of ether oxygens (including phenoxy) is 1. The number of aliphatic hydroxyl groups excluding tert-OH is 2. The summed E-state index contributed by atoms with van der Waals surface area (Å²) in [5, 5.41) is 24.5. The van der Waals surface area contributed by atoms with E-state index in [0.717, 1.165) is 0 Å². The molecule has 0 aromatic heterocycles. The molecule has 0 aliphatic carbocycles. The Hall–Kier alpha value is -1.48. The number of aliphatic hydroxyl groups is 2. The van der Waals surface area contributed by atoms with Gasteiger partial charge in [-0.2, -0.15) is 0 Å². The first kappa shape index (κ1) is 15.6. The van der Waals surface area contributed by atoms with Gasteiger partial charge >= 0.3 is 5.97 Å². The third kappa shape index (κ3) is 3.74. The summed E-state index contributed by atoms with van der Waals surface area (Å²) in [5.41, 5.74) is -0.162. The number of hydrogen-bond donors (Lipinski definition) is 3. The van der Waals surface area contributed by atoms with Gasteiger partial charge in [-0.3, -0.25) is 0 Å². The number of rotatable bonds is 5. The molecule has 19 heavy (non-hydrogen) atoms. The van der Waals surface area contributed by atoms with Gasteiger partial charge in [-0.1, -0.05) is 18.2 Å². The maximum Gasteiger partial charge on any atom is 0.338 e. The molecule has 0 heterocycles. The Balaban J connectivity index is 3.13. The van der Waals surface area contributed by atoms with Crippen LogP contribution in [0.5, 0.6) is 0 Å². The van der Waals surface area contributed by atoms with Crippen molar-refractivity contribution in [2.45, 2.75) is 24.0 Å². The molecule has 0 radical (unpaired) electrons. The van der Waals surface area contributed by atoms with Crippen LogP contribution in [0.25, 0.3) is 0 Å². The van der Waals surface area contributed by atoms with Gasteiger partial charge < -0.3 is 14.9 Å². The summed E-state index contributed by atoms with van der Waals surface area (Å²) >= 11 is 0. The van der Waals surface area contributed by atoms with Crippen LogP contribution in [0.2, 0.25) is 0 Å². The summed E-state index contributed by atoms with van der Waals surface area (Å²) in [4.78, 5) is 11.0. The molecule has 0 saturated heterocycles. The van der Waals surface area contributed by atoms with Crippen molar-refractivity contribution in [3.05, 3.63) is 29.8 Å². The fraction of sp³-hybridized carbons (Fsp3) is 0.364. The maximum atomic E-state index is 11.3. The summed E-state index contributed by atoms with van der Waals surface area (Å²) < 4.78 is 27.2. The van der Waals surface area contributed by atoms with Gasteiger partial charge in [-0.05, 0) is 13.0 Å². The maximum absolute atomic E-state index is 11.3. The number of esters is 1. The van der Waals surface area contributed by atoms with Crippen LogP contribution in [-0.4, -0.2) is 37.3 Å². The zero-order valence-electron chi connectivity index (χ0n) is 10.2. The number of carbonyl (C=O) groups is 1. The molecule has 1 aromatic rings. The molecule has 0 aliphatic heterocycles. The first-order valence-corrected chi connectivity index (χ1v) is 6.98. The van der Waals surface area contributed by atoms with Crippen LogP contribution in [0.15, 0.2) is 29.2 Å². The summed E-state index contributed by atoms with van der Waals surface area (Å²) in [6.45, 7) is 1.56. The van der Waals surface area contributed by atoms with Crippen LogP contribution in [0.3, 0.4) is 0 Å². The summed E-state index contributed by atoms with van der Waals surface area (Å²) in [7, 11) is -4.07. The minimum absolute atomic E-state index is 0.0272. The lowest BCUT2D eigenvalue weighted by Crippen LogP contribution is -2.31. The minimum Gasteiger partial charge on any atom is -0.464 e. The van der Waals surface area contributed by atoms with Gasteiger partial charge in [0.25, 0.3) is 0 Å². The Labute approximate surface area is 110 Å². The van der Waals surface area contributed by atoms with Crippen molar-refractivity contribution in [2.75, 3.05) is 6.61 Å². The van der Waals surface area contributed by atoms with Crippen LogP contribution in [0.4, 0.5) is 0 Å². The van der Waals surface area contributed by atoms with Crippen LogP contribution in [0, 0.1) is 0 Å². The van der Waals surface area contributed by atoms with E-state index in [9.17, 15) is 23.4 Å². The predicted octanol–water partition coefficient (Wildman–Crippen LogP) is -0.709. The Morgan fingerprint density at radius 2 is 1.95 bits per heavy atom. The highest BCUT2D eigenvalue weighted by molar-refractivity contribution is 7.89. The number of sulfonamides is 1. The van der Waals surface area contributed by atoms with Crippen LogP contribution < -0.4 is 5.14 Å². The van der Waals surface area contributed by atoms with E-state index in [4.69, 9.17) is 5.14 Å². The second-order valence-electron chi connectivity index (χ2n) is 3.72. The number of hydrogen-bond acceptors (Lipinski definition) is 6. The quantitative estimate of drug-likeness (QED) is 0.615. The topological polar surface area (TPSA) is 127 Å². The molecule has 0 saturated carbocycles. The van der Waals surface area contributed by atoms with Crippen molar-refractivity contribution < 1.29 is 28.2 Å². The highest BCUT2D eigenvalue weighted by atomic mass is 32.2. The summed E-state index contributed by atoms with van der Waals surface area (Å²) in [6.07, 6.45) is -3.63. The molecular weight excluding hydrogens is 274 g/mol. The lowest BCUT2D eigenvalue weighted by atomic mass is 10.0. The van der Waals surface area contributed by atoms with Gasteiger partial charge in [-0.25, -0.2) is 18.4 Å². The highest BCUT2D eigenvalue weighted by Gasteiger charge is 2.30. The number of nitrogens with two attached hydrogens (primary N) is 1. The summed E-state index contributed by atoms with van der Waals surface area (Å²) in [6, 6.07) is 5.29. The largest absolute Gasteiger partial charge is 0.464 e. The smallest absolute Gasteiger partial charge is 0.338 e. The third-order valence-corrected chi connectivity index (χ3v) is 3.36. The third-order valence-electron chi connectivity index (χ3n) is 2.37. The molecule has 2 unspecified atom stereocenters. The lowest BCUT2D eigenvalue weighted by Gasteiger charge is -2.18. The zero-order valence-corrected chi connectivity index (χ0v) is 11.0. The molecule has 1 rings (SSSR count). The molecule has 1 aromatic carbocycles. The second-order valence-corrected chi connectivity index (χ2v) is 5.25.